The van der Waals surface area contributed by atoms with Gasteiger partial charge in [-0.15, -0.1) is 11.6 Å². The molecule has 0 aromatic carbocycles. The lowest BCUT2D eigenvalue weighted by atomic mass is 9.80. The maximum atomic E-state index is 10.1. The summed E-state index contributed by atoms with van der Waals surface area (Å²) in [5.74, 6) is 1.33. The van der Waals surface area contributed by atoms with E-state index in [9.17, 15) is 5.11 Å². The van der Waals surface area contributed by atoms with Crippen LogP contribution >= 0.6 is 11.6 Å². The monoisotopic (exact) mass is 370 g/mol. The summed E-state index contributed by atoms with van der Waals surface area (Å²) in [6.45, 7) is 9.39. The smallest absolute Gasteiger partial charge is 0.142 e. The molecule has 1 aliphatic carbocycles. The number of piperazine rings is 1. The molecule has 1 saturated heterocycles. The van der Waals surface area contributed by atoms with Crippen molar-refractivity contribution in [1.82, 2.24) is 9.80 Å². The van der Waals surface area contributed by atoms with Gasteiger partial charge in [0.25, 0.3) is 0 Å². The lowest BCUT2D eigenvalue weighted by Crippen LogP contribution is -2.52. The molecule has 0 spiro atoms. The topological polar surface area (TPSA) is 60.7 Å². The molecule has 0 aromatic heterocycles. The Hall–Kier alpha value is -0.690. The van der Waals surface area contributed by atoms with Crippen molar-refractivity contribution in [3.63, 3.8) is 0 Å². The Morgan fingerprint density at radius 1 is 1.24 bits per heavy atom. The number of aliphatic imine (C=N–C) groups is 2. The van der Waals surface area contributed by atoms with Gasteiger partial charge < -0.3 is 14.7 Å². The number of aliphatic hydroxyl groups excluding tert-OH is 1. The molecular formula is C18H31ClN4O2. The number of amidine groups is 1. The van der Waals surface area contributed by atoms with E-state index < -0.39 is 6.10 Å². The van der Waals surface area contributed by atoms with Crippen molar-refractivity contribution >= 4 is 23.7 Å². The lowest BCUT2D eigenvalue weighted by Gasteiger charge is -2.40. The molecule has 7 heteroatoms. The second-order valence-electron chi connectivity index (χ2n) is 7.67. The predicted molar refractivity (Wildman–Crippen MR) is 102 cm³/mol. The van der Waals surface area contributed by atoms with E-state index >= 15 is 0 Å². The number of nitrogens with zero attached hydrogens (tertiary/aromatic N) is 4. The first-order valence-corrected chi connectivity index (χ1v) is 9.84. The van der Waals surface area contributed by atoms with E-state index in [1.54, 1.807) is 7.11 Å². The molecule has 3 rings (SSSR count). The van der Waals surface area contributed by atoms with Gasteiger partial charge in [-0.25, -0.2) is 0 Å². The van der Waals surface area contributed by atoms with Crippen molar-refractivity contribution in [2.45, 2.75) is 56.4 Å². The number of hydrogen-bond acceptors (Lipinski definition) is 6. The Labute approximate surface area is 155 Å². The van der Waals surface area contributed by atoms with Crippen LogP contribution in [0, 0.1) is 5.92 Å². The van der Waals surface area contributed by atoms with Gasteiger partial charge in [-0.2, -0.15) is 0 Å². The molecule has 25 heavy (non-hydrogen) atoms. The number of ether oxygens (including phenoxy) is 1. The Bertz CT molecular complexity index is 505. The molecule has 142 valence electrons. The zero-order valence-electron chi connectivity index (χ0n) is 15.5. The summed E-state index contributed by atoms with van der Waals surface area (Å²) < 4.78 is 5.41. The average Bonchev–Trinajstić information content (AvgIpc) is 2.64. The first kappa shape index (κ1) is 19.1. The summed E-state index contributed by atoms with van der Waals surface area (Å²) in [6, 6.07) is 0.750. The highest BCUT2D eigenvalue weighted by Gasteiger charge is 2.39. The molecule has 0 bridgehead atoms. The summed E-state index contributed by atoms with van der Waals surface area (Å²) in [7, 11) is 1.64. The van der Waals surface area contributed by atoms with Crippen LogP contribution < -0.4 is 0 Å². The molecule has 2 heterocycles. The fourth-order valence-corrected chi connectivity index (χ4v) is 4.49. The van der Waals surface area contributed by atoms with Crippen LogP contribution in [0.1, 0.15) is 26.7 Å². The zero-order valence-corrected chi connectivity index (χ0v) is 16.3. The predicted octanol–water partition coefficient (Wildman–Crippen LogP) is 1.26. The molecule has 2 fully saturated rings. The van der Waals surface area contributed by atoms with Gasteiger partial charge in [0.05, 0.1) is 36.4 Å². The SMILES string of the molecule is COC1CC(C2CN=C(N3CCN(C(C)C)CC3)C=N2)CC(Cl)C1O. The molecule has 3 aliphatic rings. The molecule has 1 N–H and O–H groups in total. The second-order valence-corrected chi connectivity index (χ2v) is 8.23. The highest BCUT2D eigenvalue weighted by atomic mass is 35.5. The number of alkyl halides is 1. The van der Waals surface area contributed by atoms with Gasteiger partial charge >= 0.3 is 0 Å². The van der Waals surface area contributed by atoms with Crippen LogP contribution in [0.25, 0.3) is 0 Å². The van der Waals surface area contributed by atoms with Crippen molar-refractivity contribution in [1.29, 1.82) is 0 Å². The molecule has 6 nitrogen and oxygen atoms in total. The lowest BCUT2D eigenvalue weighted by molar-refractivity contribution is -0.0503. The second kappa shape index (κ2) is 8.33. The quantitative estimate of drug-likeness (QED) is 0.760. The summed E-state index contributed by atoms with van der Waals surface area (Å²) in [5, 5.41) is 9.82. The van der Waals surface area contributed by atoms with E-state index in [1.165, 1.54) is 0 Å². The summed E-state index contributed by atoms with van der Waals surface area (Å²) in [5.41, 5.74) is 0. The molecular weight excluding hydrogens is 340 g/mol. The molecule has 0 amide bonds. The van der Waals surface area contributed by atoms with Crippen LogP contribution in [0.2, 0.25) is 0 Å². The molecule has 5 unspecified atom stereocenters. The highest BCUT2D eigenvalue weighted by molar-refractivity contribution is 6.29. The Kier molecular flexibility index (Phi) is 6.36. The van der Waals surface area contributed by atoms with Crippen LogP contribution in [0.15, 0.2) is 9.98 Å². The maximum Gasteiger partial charge on any atom is 0.142 e. The van der Waals surface area contributed by atoms with Crippen molar-refractivity contribution in [3.8, 4) is 0 Å². The number of hydrogen-bond donors (Lipinski definition) is 1. The van der Waals surface area contributed by atoms with Gasteiger partial charge in [0.2, 0.25) is 0 Å². The zero-order chi connectivity index (χ0) is 18.0. The van der Waals surface area contributed by atoms with Crippen molar-refractivity contribution in [2.75, 3.05) is 39.8 Å². The van der Waals surface area contributed by atoms with Gasteiger partial charge in [-0.1, -0.05) is 0 Å². The van der Waals surface area contributed by atoms with Crippen LogP contribution in [0.3, 0.4) is 0 Å². The van der Waals surface area contributed by atoms with Crippen molar-refractivity contribution in [3.05, 3.63) is 0 Å². The first-order chi connectivity index (χ1) is 12.0. The van der Waals surface area contributed by atoms with E-state index in [0.717, 1.165) is 44.9 Å². The van der Waals surface area contributed by atoms with E-state index in [2.05, 4.69) is 23.6 Å². The van der Waals surface area contributed by atoms with Gasteiger partial charge in [0, 0.05) is 39.3 Å². The molecule has 2 aliphatic heterocycles. The largest absolute Gasteiger partial charge is 0.389 e. The fraction of sp³-hybridized carbons (Fsp3) is 0.889. The minimum Gasteiger partial charge on any atom is -0.389 e. The van der Waals surface area contributed by atoms with Gasteiger partial charge in [-0.05, 0) is 32.6 Å². The van der Waals surface area contributed by atoms with E-state index in [0.29, 0.717) is 18.5 Å². The van der Waals surface area contributed by atoms with E-state index in [-0.39, 0.29) is 17.5 Å². The molecule has 0 radical (unpaired) electrons. The number of aliphatic hydroxyl groups is 1. The Balaban J connectivity index is 1.54. The van der Waals surface area contributed by atoms with Gasteiger partial charge in [0.1, 0.15) is 5.84 Å². The maximum absolute atomic E-state index is 10.1. The Morgan fingerprint density at radius 2 is 1.96 bits per heavy atom. The van der Waals surface area contributed by atoms with Gasteiger partial charge in [0.15, 0.2) is 0 Å². The molecule has 1 saturated carbocycles. The molecule has 5 atom stereocenters. The summed E-state index contributed by atoms with van der Waals surface area (Å²) in [4.78, 5) is 14.4. The van der Waals surface area contributed by atoms with Crippen LogP contribution in [0.5, 0.6) is 0 Å². The van der Waals surface area contributed by atoms with Crippen molar-refractivity contribution in [2.24, 2.45) is 15.9 Å². The first-order valence-electron chi connectivity index (χ1n) is 9.41. The fourth-order valence-electron chi connectivity index (χ4n) is 4.10. The highest BCUT2D eigenvalue weighted by Crippen LogP contribution is 2.34. The molecule has 0 aromatic rings. The number of rotatable bonds is 3. The third-order valence-corrected chi connectivity index (χ3v) is 6.29. The Morgan fingerprint density at radius 3 is 2.52 bits per heavy atom. The van der Waals surface area contributed by atoms with E-state index in [4.69, 9.17) is 26.3 Å². The van der Waals surface area contributed by atoms with Crippen molar-refractivity contribution < 1.29 is 9.84 Å². The third-order valence-electron chi connectivity index (χ3n) is 5.85. The third kappa shape index (κ3) is 4.35. The van der Waals surface area contributed by atoms with Gasteiger partial charge in [-0.3, -0.25) is 14.9 Å². The van der Waals surface area contributed by atoms with Crippen LogP contribution in [-0.2, 0) is 4.74 Å². The average molecular weight is 371 g/mol. The normalized spacial score (nSPS) is 37.4. The van der Waals surface area contributed by atoms with Crippen LogP contribution in [-0.4, -0.2) is 96.5 Å². The minimum absolute atomic E-state index is 0.145. The standard InChI is InChI=1S/C18H31ClN4O2/c1-12(2)22-4-6-23(7-5-22)17-11-20-15(10-21-17)13-8-14(19)18(24)16(9-13)25-3/h11-16,18,24H,4-10H2,1-3H3. The summed E-state index contributed by atoms with van der Waals surface area (Å²) >= 11 is 6.31. The summed E-state index contributed by atoms with van der Waals surface area (Å²) in [6.07, 6.45) is 2.70. The van der Waals surface area contributed by atoms with E-state index in [1.807, 2.05) is 6.21 Å². The number of methoxy groups -OCH3 is 1. The number of halogens is 1. The van der Waals surface area contributed by atoms with Crippen LogP contribution in [0.4, 0.5) is 0 Å². The minimum atomic E-state index is -0.591.